The zero-order valence-electron chi connectivity index (χ0n) is 14.8. The van der Waals surface area contributed by atoms with Gasteiger partial charge in [-0.25, -0.2) is 4.98 Å². The second-order valence-electron chi connectivity index (χ2n) is 6.42. The van der Waals surface area contributed by atoms with Gasteiger partial charge < -0.3 is 4.57 Å². The molecule has 0 saturated heterocycles. The van der Waals surface area contributed by atoms with Crippen LogP contribution in [0.2, 0.25) is 0 Å². The molecule has 2 aromatic carbocycles. The van der Waals surface area contributed by atoms with Crippen molar-refractivity contribution in [2.24, 2.45) is 0 Å². The van der Waals surface area contributed by atoms with Crippen LogP contribution in [0, 0.1) is 11.3 Å². The summed E-state index contributed by atoms with van der Waals surface area (Å²) in [5.74, 6) is -0.176. The second kappa shape index (κ2) is 7.41. The Morgan fingerprint density at radius 1 is 1.14 bits per heavy atom. The first kappa shape index (κ1) is 18.1. The zero-order chi connectivity index (χ0) is 19.7. The Labute approximate surface area is 168 Å². The molecule has 0 aliphatic heterocycles. The first-order valence-corrected chi connectivity index (χ1v) is 9.50. The average Bonchev–Trinajstić information content (AvgIpc) is 3.08. The molecule has 4 rings (SSSR count). The summed E-state index contributed by atoms with van der Waals surface area (Å²) in [6.07, 6.45) is 3.53. The summed E-state index contributed by atoms with van der Waals surface area (Å²) >= 11 is 3.36. The highest BCUT2D eigenvalue weighted by Crippen LogP contribution is 2.22. The van der Waals surface area contributed by atoms with Gasteiger partial charge in [-0.05, 0) is 24.3 Å². The first-order chi connectivity index (χ1) is 13.6. The van der Waals surface area contributed by atoms with Crippen molar-refractivity contribution >= 4 is 43.5 Å². The maximum Gasteiger partial charge on any atom is 0.261 e. The minimum Gasteiger partial charge on any atom is -0.346 e. The van der Waals surface area contributed by atoms with Crippen LogP contribution in [0.25, 0.3) is 21.8 Å². The fourth-order valence-electron chi connectivity index (χ4n) is 3.31. The molecule has 0 saturated carbocycles. The number of ketones is 1. The van der Waals surface area contributed by atoms with Gasteiger partial charge in [0.05, 0.1) is 36.3 Å². The molecule has 0 fully saturated rings. The minimum atomic E-state index is -0.257. The molecule has 2 heterocycles. The molecule has 0 amide bonds. The summed E-state index contributed by atoms with van der Waals surface area (Å²) < 4.78 is 4.02. The maximum absolute atomic E-state index is 13.0. The zero-order valence-corrected chi connectivity index (χ0v) is 16.4. The summed E-state index contributed by atoms with van der Waals surface area (Å²) in [6, 6.07) is 15.0. The molecule has 0 aliphatic rings. The van der Waals surface area contributed by atoms with Crippen LogP contribution in [-0.2, 0) is 13.1 Å². The molecule has 0 N–H and O–H groups in total. The van der Waals surface area contributed by atoms with Crippen LogP contribution in [0.3, 0.4) is 0 Å². The largest absolute Gasteiger partial charge is 0.346 e. The van der Waals surface area contributed by atoms with E-state index in [2.05, 4.69) is 27.0 Å². The molecule has 2 aromatic heterocycles. The predicted octanol–water partition coefficient (Wildman–Crippen LogP) is 3.91. The summed E-state index contributed by atoms with van der Waals surface area (Å²) in [5.41, 5.74) is 1.77. The number of carbonyl (C=O) groups is 1. The third-order valence-corrected chi connectivity index (χ3v) is 5.15. The van der Waals surface area contributed by atoms with Crippen LogP contribution in [0.15, 0.2) is 64.3 Å². The van der Waals surface area contributed by atoms with E-state index in [9.17, 15) is 9.59 Å². The Hall–Kier alpha value is -3.24. The lowest BCUT2D eigenvalue weighted by Gasteiger charge is -2.06. The molecular weight excluding hydrogens is 420 g/mol. The second-order valence-corrected chi connectivity index (χ2v) is 7.34. The van der Waals surface area contributed by atoms with Gasteiger partial charge in [-0.3, -0.25) is 14.2 Å². The van der Waals surface area contributed by atoms with Gasteiger partial charge in [0.2, 0.25) is 0 Å². The molecule has 0 bridgehead atoms. The number of fused-ring (bicyclic) bond motifs is 2. The van der Waals surface area contributed by atoms with Gasteiger partial charge in [0.15, 0.2) is 5.78 Å². The Balaban J connectivity index is 1.73. The van der Waals surface area contributed by atoms with E-state index in [1.807, 2.05) is 34.9 Å². The fraction of sp³-hybridized carbons (Fsp3) is 0.143. The normalized spacial score (nSPS) is 11.0. The minimum absolute atomic E-state index is 0.0967. The Kier molecular flexibility index (Phi) is 4.80. The molecule has 0 atom stereocenters. The van der Waals surface area contributed by atoms with E-state index in [0.29, 0.717) is 29.4 Å². The monoisotopic (exact) mass is 434 g/mol. The standard InChI is InChI=1S/C21H15BrN4O2/c22-14-6-7-18-16(10-14)21(28)26(13-24-18)12-20(27)17-11-25(9-3-8-23)19-5-2-1-4-15(17)19/h1-2,4-7,10-11,13H,3,9,12H2. The van der Waals surface area contributed by atoms with Crippen molar-refractivity contribution < 1.29 is 4.79 Å². The smallest absolute Gasteiger partial charge is 0.261 e. The van der Waals surface area contributed by atoms with Crippen LogP contribution in [0.1, 0.15) is 16.8 Å². The number of nitriles is 1. The average molecular weight is 435 g/mol. The van der Waals surface area contributed by atoms with Gasteiger partial charge in [0, 0.05) is 33.7 Å². The van der Waals surface area contributed by atoms with Crippen molar-refractivity contribution in [3.05, 3.63) is 75.4 Å². The molecule has 4 aromatic rings. The van der Waals surface area contributed by atoms with Crippen LogP contribution >= 0.6 is 15.9 Å². The third-order valence-electron chi connectivity index (χ3n) is 4.65. The highest BCUT2D eigenvalue weighted by molar-refractivity contribution is 9.10. The molecule has 28 heavy (non-hydrogen) atoms. The maximum atomic E-state index is 13.0. The van der Waals surface area contributed by atoms with E-state index in [-0.39, 0.29) is 17.9 Å². The van der Waals surface area contributed by atoms with Crippen molar-refractivity contribution in [2.45, 2.75) is 19.5 Å². The number of carbonyl (C=O) groups excluding carboxylic acids is 1. The van der Waals surface area contributed by atoms with E-state index in [1.54, 1.807) is 18.3 Å². The number of hydrogen-bond donors (Lipinski definition) is 0. The van der Waals surface area contributed by atoms with Crippen molar-refractivity contribution in [3.63, 3.8) is 0 Å². The van der Waals surface area contributed by atoms with Crippen molar-refractivity contribution in [1.82, 2.24) is 14.1 Å². The lowest BCUT2D eigenvalue weighted by molar-refractivity contribution is 0.0972. The van der Waals surface area contributed by atoms with E-state index >= 15 is 0 Å². The predicted molar refractivity (Wildman–Crippen MR) is 110 cm³/mol. The van der Waals surface area contributed by atoms with Gasteiger partial charge >= 0.3 is 0 Å². The highest BCUT2D eigenvalue weighted by atomic mass is 79.9. The molecule has 0 spiro atoms. The van der Waals surface area contributed by atoms with Gasteiger partial charge in [0.1, 0.15) is 0 Å². The van der Waals surface area contributed by atoms with Gasteiger partial charge in [-0.15, -0.1) is 0 Å². The van der Waals surface area contributed by atoms with Gasteiger partial charge in [0.25, 0.3) is 5.56 Å². The van der Waals surface area contributed by atoms with Crippen LogP contribution in [0.4, 0.5) is 0 Å². The summed E-state index contributed by atoms with van der Waals surface area (Å²) in [7, 11) is 0. The quantitative estimate of drug-likeness (QED) is 0.445. The SMILES string of the molecule is N#CCCn1cc(C(=O)Cn2cnc3ccc(Br)cc3c2=O)c2ccccc21. The summed E-state index contributed by atoms with van der Waals surface area (Å²) in [6.45, 7) is 0.413. The van der Waals surface area contributed by atoms with Gasteiger partial charge in [-0.1, -0.05) is 34.1 Å². The van der Waals surface area contributed by atoms with Crippen molar-refractivity contribution in [3.8, 4) is 6.07 Å². The Morgan fingerprint density at radius 2 is 1.96 bits per heavy atom. The lowest BCUT2D eigenvalue weighted by Crippen LogP contribution is -2.24. The fourth-order valence-corrected chi connectivity index (χ4v) is 3.67. The topological polar surface area (TPSA) is 80.7 Å². The first-order valence-electron chi connectivity index (χ1n) is 8.71. The number of aryl methyl sites for hydroxylation is 1. The van der Waals surface area contributed by atoms with Gasteiger partial charge in [-0.2, -0.15) is 5.26 Å². The van der Waals surface area contributed by atoms with Crippen molar-refractivity contribution in [2.75, 3.05) is 0 Å². The van der Waals surface area contributed by atoms with E-state index in [1.165, 1.54) is 10.9 Å². The van der Waals surface area contributed by atoms with E-state index in [0.717, 1.165) is 15.4 Å². The van der Waals surface area contributed by atoms with Crippen LogP contribution in [-0.4, -0.2) is 19.9 Å². The molecule has 0 aliphatic carbocycles. The van der Waals surface area contributed by atoms with Crippen LogP contribution in [0.5, 0.6) is 0 Å². The summed E-state index contributed by atoms with van der Waals surface area (Å²) in [5, 5.41) is 10.1. The van der Waals surface area contributed by atoms with E-state index < -0.39 is 0 Å². The van der Waals surface area contributed by atoms with Crippen molar-refractivity contribution in [1.29, 1.82) is 5.26 Å². The lowest BCUT2D eigenvalue weighted by atomic mass is 10.1. The molecule has 6 nitrogen and oxygen atoms in total. The number of rotatable bonds is 5. The van der Waals surface area contributed by atoms with E-state index in [4.69, 9.17) is 5.26 Å². The number of nitrogens with zero attached hydrogens (tertiary/aromatic N) is 4. The molecule has 138 valence electrons. The number of para-hydroxylation sites is 1. The molecule has 0 radical (unpaired) electrons. The number of hydrogen-bond acceptors (Lipinski definition) is 4. The third kappa shape index (κ3) is 3.23. The molecule has 0 unspecified atom stereocenters. The number of Topliss-reactive ketones (excluding diaryl/α,β-unsaturated/α-hetero) is 1. The molecular formula is C21H15BrN4O2. The Morgan fingerprint density at radius 3 is 2.79 bits per heavy atom. The number of benzene rings is 2. The number of halogens is 1. The van der Waals surface area contributed by atoms with Crippen LogP contribution < -0.4 is 5.56 Å². The molecule has 7 heteroatoms. The Bertz CT molecular complexity index is 1310. The number of aromatic nitrogens is 3. The summed E-state index contributed by atoms with van der Waals surface area (Å²) in [4.78, 5) is 30.0. The highest BCUT2D eigenvalue weighted by Gasteiger charge is 2.16.